The standard InChI is InChI=1S/C19H19FN8O2/c1-29-14-7-23-8-15(30-11-19(20)2-3-22-10-19)18(14)13-4-16(28-27-13)26-17-9-24-12(5-21)6-25-17/h4,6-9,22H,2-3,10-11H2,1H3,(H2,25,26,27,28)/t19-/m1/s1. The Hall–Kier alpha value is -3.78. The third-order valence-corrected chi connectivity index (χ3v) is 4.64. The second-order valence-electron chi connectivity index (χ2n) is 6.77. The normalized spacial score (nSPS) is 18.0. The van der Waals surface area contributed by atoms with Crippen molar-refractivity contribution in [3.63, 3.8) is 0 Å². The van der Waals surface area contributed by atoms with Gasteiger partial charge in [-0.3, -0.25) is 10.1 Å². The SMILES string of the molecule is COc1cncc(OC[C@@]2(F)CCNC2)c1-c1cc(Nc2cnc(C#N)cn2)n[nH]1. The number of nitrogens with zero attached hydrogens (tertiary/aromatic N) is 5. The van der Waals surface area contributed by atoms with E-state index in [-0.39, 0.29) is 18.8 Å². The van der Waals surface area contributed by atoms with E-state index in [1.54, 1.807) is 12.3 Å². The monoisotopic (exact) mass is 410 g/mol. The minimum absolute atomic E-state index is 0.0953. The van der Waals surface area contributed by atoms with Gasteiger partial charge in [0.15, 0.2) is 22.9 Å². The molecule has 4 heterocycles. The van der Waals surface area contributed by atoms with Gasteiger partial charge in [0.2, 0.25) is 0 Å². The number of nitriles is 1. The van der Waals surface area contributed by atoms with Gasteiger partial charge in [0, 0.05) is 12.6 Å². The molecular weight excluding hydrogens is 391 g/mol. The Morgan fingerprint density at radius 3 is 2.80 bits per heavy atom. The van der Waals surface area contributed by atoms with Crippen LogP contribution in [0.15, 0.2) is 30.9 Å². The summed E-state index contributed by atoms with van der Waals surface area (Å²) in [5.74, 6) is 1.74. The van der Waals surface area contributed by atoms with Crippen LogP contribution in [0.1, 0.15) is 12.1 Å². The molecule has 0 spiro atoms. The molecule has 1 saturated heterocycles. The molecule has 30 heavy (non-hydrogen) atoms. The number of rotatable bonds is 7. The number of H-pyrrole nitrogens is 1. The molecule has 1 atom stereocenters. The molecule has 0 aliphatic carbocycles. The number of alkyl halides is 1. The summed E-state index contributed by atoms with van der Waals surface area (Å²) in [5, 5.41) is 21.9. The topological polar surface area (TPSA) is 134 Å². The summed E-state index contributed by atoms with van der Waals surface area (Å²) in [6.07, 6.45) is 6.25. The Labute approximate surface area is 171 Å². The first-order chi connectivity index (χ1) is 14.6. The zero-order valence-electron chi connectivity index (χ0n) is 16.1. The summed E-state index contributed by atoms with van der Waals surface area (Å²) in [6.45, 7) is 0.780. The molecule has 0 amide bonds. The lowest BCUT2D eigenvalue weighted by atomic mass is 10.1. The Morgan fingerprint density at radius 2 is 2.10 bits per heavy atom. The van der Waals surface area contributed by atoms with Crippen molar-refractivity contribution in [1.29, 1.82) is 5.26 Å². The Bertz CT molecular complexity index is 1060. The van der Waals surface area contributed by atoms with Gasteiger partial charge in [0.05, 0.1) is 43.2 Å². The minimum Gasteiger partial charge on any atom is -0.494 e. The maximum absolute atomic E-state index is 14.7. The van der Waals surface area contributed by atoms with Crippen molar-refractivity contribution in [2.24, 2.45) is 0 Å². The molecule has 0 unspecified atom stereocenters. The van der Waals surface area contributed by atoms with Gasteiger partial charge in [-0.05, 0) is 13.0 Å². The molecule has 0 radical (unpaired) electrons. The van der Waals surface area contributed by atoms with Crippen molar-refractivity contribution in [2.75, 3.05) is 32.1 Å². The first kappa shape index (κ1) is 19.5. The Balaban J connectivity index is 1.57. The van der Waals surface area contributed by atoms with Crippen molar-refractivity contribution in [3.8, 4) is 28.8 Å². The number of halogens is 1. The lowest BCUT2D eigenvalue weighted by Crippen LogP contribution is -2.33. The van der Waals surface area contributed by atoms with Crippen LogP contribution in [0.2, 0.25) is 0 Å². The molecule has 10 nitrogen and oxygen atoms in total. The molecule has 3 aromatic rings. The lowest BCUT2D eigenvalue weighted by Gasteiger charge is -2.20. The smallest absolute Gasteiger partial charge is 0.158 e. The second-order valence-corrected chi connectivity index (χ2v) is 6.77. The van der Waals surface area contributed by atoms with Gasteiger partial charge in [-0.1, -0.05) is 0 Å². The zero-order valence-corrected chi connectivity index (χ0v) is 16.1. The quantitative estimate of drug-likeness (QED) is 0.534. The molecule has 11 heteroatoms. The molecule has 0 aromatic carbocycles. The van der Waals surface area contributed by atoms with Crippen LogP contribution in [0.25, 0.3) is 11.3 Å². The third kappa shape index (κ3) is 4.13. The summed E-state index contributed by atoms with van der Waals surface area (Å²) < 4.78 is 25.9. The second kappa shape index (κ2) is 8.30. The fraction of sp³-hybridized carbons (Fsp3) is 0.316. The lowest BCUT2D eigenvalue weighted by molar-refractivity contribution is 0.103. The Kier molecular flexibility index (Phi) is 5.40. The van der Waals surface area contributed by atoms with Crippen LogP contribution in [-0.2, 0) is 0 Å². The van der Waals surface area contributed by atoms with Crippen molar-refractivity contribution < 1.29 is 13.9 Å². The summed E-state index contributed by atoms with van der Waals surface area (Å²) >= 11 is 0. The summed E-state index contributed by atoms with van der Waals surface area (Å²) in [6, 6.07) is 3.64. The number of hydrogen-bond donors (Lipinski definition) is 3. The predicted molar refractivity (Wildman–Crippen MR) is 105 cm³/mol. The van der Waals surface area contributed by atoms with Crippen LogP contribution in [0, 0.1) is 11.3 Å². The number of aromatic amines is 1. The fourth-order valence-corrected chi connectivity index (χ4v) is 3.09. The van der Waals surface area contributed by atoms with E-state index in [0.717, 1.165) is 0 Å². The van der Waals surface area contributed by atoms with E-state index < -0.39 is 5.67 Å². The summed E-state index contributed by atoms with van der Waals surface area (Å²) in [5.41, 5.74) is -0.0380. The molecule has 154 valence electrons. The van der Waals surface area contributed by atoms with Crippen molar-refractivity contribution >= 4 is 11.6 Å². The maximum atomic E-state index is 14.7. The highest BCUT2D eigenvalue weighted by Gasteiger charge is 2.35. The number of anilines is 2. The molecule has 0 saturated carbocycles. The molecule has 4 rings (SSSR count). The van der Waals surface area contributed by atoms with Crippen LogP contribution in [0.4, 0.5) is 16.0 Å². The van der Waals surface area contributed by atoms with Crippen molar-refractivity contribution in [2.45, 2.75) is 12.1 Å². The van der Waals surface area contributed by atoms with E-state index in [4.69, 9.17) is 14.7 Å². The van der Waals surface area contributed by atoms with Gasteiger partial charge in [0.1, 0.15) is 24.2 Å². The number of nitrogens with one attached hydrogen (secondary N) is 3. The van der Waals surface area contributed by atoms with E-state index in [1.165, 1.54) is 25.7 Å². The largest absolute Gasteiger partial charge is 0.494 e. The minimum atomic E-state index is -1.42. The van der Waals surface area contributed by atoms with Crippen LogP contribution in [0.3, 0.4) is 0 Å². The summed E-state index contributed by atoms with van der Waals surface area (Å²) in [7, 11) is 1.52. The first-order valence-electron chi connectivity index (χ1n) is 9.19. The van der Waals surface area contributed by atoms with E-state index in [9.17, 15) is 4.39 Å². The van der Waals surface area contributed by atoms with Gasteiger partial charge in [-0.15, -0.1) is 0 Å². The number of hydrogen-bond acceptors (Lipinski definition) is 9. The summed E-state index contributed by atoms with van der Waals surface area (Å²) in [4.78, 5) is 12.2. The zero-order chi connectivity index (χ0) is 21.0. The van der Waals surface area contributed by atoms with Gasteiger partial charge < -0.3 is 20.1 Å². The average molecular weight is 410 g/mol. The first-order valence-corrected chi connectivity index (χ1v) is 9.19. The van der Waals surface area contributed by atoms with Crippen molar-refractivity contribution in [1.82, 2.24) is 30.5 Å². The molecule has 1 aliphatic rings. The number of ether oxygens (including phenoxy) is 2. The Morgan fingerprint density at radius 1 is 1.23 bits per heavy atom. The number of aromatic nitrogens is 5. The molecule has 0 bridgehead atoms. The van der Waals surface area contributed by atoms with Crippen LogP contribution in [-0.4, -0.2) is 57.6 Å². The average Bonchev–Trinajstić information content (AvgIpc) is 3.42. The number of methoxy groups -OCH3 is 1. The fourth-order valence-electron chi connectivity index (χ4n) is 3.09. The molecule has 1 fully saturated rings. The van der Waals surface area contributed by atoms with E-state index in [1.807, 2.05) is 6.07 Å². The van der Waals surface area contributed by atoms with Gasteiger partial charge in [-0.2, -0.15) is 10.4 Å². The predicted octanol–water partition coefficient (Wildman–Crippen LogP) is 1.97. The highest BCUT2D eigenvalue weighted by Crippen LogP contribution is 2.38. The molecule has 3 aromatic heterocycles. The molecular formula is C19H19FN8O2. The number of pyridine rings is 1. The highest BCUT2D eigenvalue weighted by atomic mass is 19.1. The van der Waals surface area contributed by atoms with Gasteiger partial charge in [0.25, 0.3) is 0 Å². The van der Waals surface area contributed by atoms with E-state index in [2.05, 4.69) is 35.8 Å². The van der Waals surface area contributed by atoms with Crippen LogP contribution < -0.4 is 20.1 Å². The van der Waals surface area contributed by atoms with E-state index in [0.29, 0.717) is 47.4 Å². The molecule has 3 N–H and O–H groups in total. The van der Waals surface area contributed by atoms with E-state index >= 15 is 0 Å². The third-order valence-electron chi connectivity index (χ3n) is 4.64. The highest BCUT2D eigenvalue weighted by molar-refractivity contribution is 5.75. The van der Waals surface area contributed by atoms with Crippen LogP contribution in [0.5, 0.6) is 11.5 Å². The molecule has 1 aliphatic heterocycles. The van der Waals surface area contributed by atoms with Gasteiger partial charge in [-0.25, -0.2) is 14.4 Å². The van der Waals surface area contributed by atoms with Gasteiger partial charge >= 0.3 is 0 Å². The van der Waals surface area contributed by atoms with Crippen LogP contribution >= 0.6 is 0 Å². The van der Waals surface area contributed by atoms with Crippen molar-refractivity contribution in [3.05, 3.63) is 36.5 Å². The maximum Gasteiger partial charge on any atom is 0.158 e.